The highest BCUT2D eigenvalue weighted by Crippen LogP contribution is 2.25. The molecule has 0 radical (unpaired) electrons. The average Bonchev–Trinajstić information content (AvgIpc) is 3.18. The number of aromatic nitrogens is 1. The molecule has 6 heteroatoms. The summed E-state index contributed by atoms with van der Waals surface area (Å²) >= 11 is 5.94. The second kappa shape index (κ2) is 8.44. The Balaban J connectivity index is 1.29. The van der Waals surface area contributed by atoms with Gasteiger partial charge in [-0.2, -0.15) is 0 Å². The zero-order chi connectivity index (χ0) is 18.6. The number of carbonyl (C=O) groups is 1. The molecule has 1 aromatic heterocycles. The number of amides is 1. The highest BCUT2D eigenvalue weighted by atomic mass is 35.5. The molecule has 144 valence electrons. The van der Waals surface area contributed by atoms with E-state index in [4.69, 9.17) is 16.1 Å². The van der Waals surface area contributed by atoms with Crippen LogP contribution in [0.3, 0.4) is 0 Å². The van der Waals surface area contributed by atoms with Gasteiger partial charge < -0.3 is 9.42 Å². The summed E-state index contributed by atoms with van der Waals surface area (Å²) in [6.07, 6.45) is 5.45. The third-order valence-corrected chi connectivity index (χ3v) is 5.93. The zero-order valence-electron chi connectivity index (χ0n) is 15.6. The van der Waals surface area contributed by atoms with Crippen LogP contribution in [0.15, 0.2) is 34.9 Å². The van der Waals surface area contributed by atoms with Gasteiger partial charge in [0.15, 0.2) is 5.76 Å². The van der Waals surface area contributed by atoms with E-state index in [0.29, 0.717) is 10.9 Å². The normalized spacial score (nSPS) is 19.4. The summed E-state index contributed by atoms with van der Waals surface area (Å²) in [5.74, 6) is 1.43. The monoisotopic (exact) mass is 387 g/mol. The Bertz CT molecular complexity index is 760. The summed E-state index contributed by atoms with van der Waals surface area (Å²) in [7, 11) is 0. The smallest absolute Gasteiger partial charge is 0.225 e. The Morgan fingerprint density at radius 2 is 1.78 bits per heavy atom. The topological polar surface area (TPSA) is 49.6 Å². The largest absolute Gasteiger partial charge is 0.359 e. The third-order valence-electron chi connectivity index (χ3n) is 5.68. The van der Waals surface area contributed by atoms with Crippen LogP contribution in [0, 0.1) is 5.92 Å². The van der Waals surface area contributed by atoms with Crippen molar-refractivity contribution in [1.82, 2.24) is 15.0 Å². The van der Waals surface area contributed by atoms with Crippen molar-refractivity contribution in [3.8, 4) is 11.3 Å². The summed E-state index contributed by atoms with van der Waals surface area (Å²) < 4.78 is 5.52. The molecule has 4 rings (SSSR count). The highest BCUT2D eigenvalue weighted by Gasteiger charge is 2.29. The molecule has 2 aliphatic heterocycles. The lowest BCUT2D eigenvalue weighted by Crippen LogP contribution is -2.44. The lowest BCUT2D eigenvalue weighted by atomic mass is 9.94. The van der Waals surface area contributed by atoms with Crippen molar-refractivity contribution in [1.29, 1.82) is 0 Å². The number of benzene rings is 1. The minimum atomic E-state index is 0.193. The Morgan fingerprint density at radius 3 is 2.48 bits per heavy atom. The molecular weight excluding hydrogens is 362 g/mol. The fourth-order valence-electron chi connectivity index (χ4n) is 4.08. The lowest BCUT2D eigenvalue weighted by molar-refractivity contribution is -0.138. The fraction of sp³-hybridized carbons (Fsp3) is 0.524. The maximum absolute atomic E-state index is 12.7. The van der Waals surface area contributed by atoms with Gasteiger partial charge in [-0.05, 0) is 57.3 Å². The molecule has 0 unspecified atom stereocenters. The molecule has 1 amide bonds. The Hall–Kier alpha value is -1.85. The van der Waals surface area contributed by atoms with Gasteiger partial charge in [0, 0.05) is 35.7 Å². The molecule has 27 heavy (non-hydrogen) atoms. The van der Waals surface area contributed by atoms with E-state index in [2.05, 4.69) is 15.0 Å². The molecule has 2 aromatic rings. The van der Waals surface area contributed by atoms with Gasteiger partial charge in [-0.1, -0.05) is 28.9 Å². The quantitative estimate of drug-likeness (QED) is 0.788. The van der Waals surface area contributed by atoms with Crippen LogP contribution in [-0.2, 0) is 11.3 Å². The van der Waals surface area contributed by atoms with Gasteiger partial charge in [0.2, 0.25) is 5.91 Å². The van der Waals surface area contributed by atoms with Crippen LogP contribution in [0.5, 0.6) is 0 Å². The van der Waals surface area contributed by atoms with Crippen molar-refractivity contribution in [2.24, 2.45) is 5.92 Å². The lowest BCUT2D eigenvalue weighted by Gasteiger charge is -2.35. The molecule has 0 bridgehead atoms. The highest BCUT2D eigenvalue weighted by molar-refractivity contribution is 6.30. The molecule has 0 saturated carbocycles. The molecule has 0 aliphatic carbocycles. The molecule has 0 spiro atoms. The average molecular weight is 388 g/mol. The molecule has 2 saturated heterocycles. The second-order valence-electron chi connectivity index (χ2n) is 7.62. The summed E-state index contributed by atoms with van der Waals surface area (Å²) in [4.78, 5) is 17.1. The molecule has 1 aromatic carbocycles. The standard InChI is InChI=1S/C21H26ClN3O2/c22-18-6-4-16(5-7-18)20-14-19(27-23-20)15-24-12-8-17(9-13-24)21(26)25-10-2-1-3-11-25/h4-7,14,17H,1-3,8-13,15H2. The summed E-state index contributed by atoms with van der Waals surface area (Å²) in [5, 5.41) is 4.89. The van der Waals surface area contributed by atoms with E-state index in [0.717, 1.165) is 75.4 Å². The first-order valence-corrected chi connectivity index (χ1v) is 10.3. The van der Waals surface area contributed by atoms with Crippen LogP contribution >= 0.6 is 11.6 Å². The van der Waals surface area contributed by atoms with E-state index in [1.54, 1.807) is 0 Å². The first-order valence-electron chi connectivity index (χ1n) is 9.92. The van der Waals surface area contributed by atoms with Crippen LogP contribution < -0.4 is 0 Å². The van der Waals surface area contributed by atoms with Crippen molar-refractivity contribution in [3.05, 3.63) is 41.1 Å². The van der Waals surface area contributed by atoms with Gasteiger partial charge in [-0.25, -0.2) is 0 Å². The number of rotatable bonds is 4. The summed E-state index contributed by atoms with van der Waals surface area (Å²) in [6, 6.07) is 9.60. The number of piperidine rings is 2. The van der Waals surface area contributed by atoms with Crippen LogP contribution in [0.4, 0.5) is 0 Å². The molecule has 0 N–H and O–H groups in total. The minimum Gasteiger partial charge on any atom is -0.359 e. The minimum absolute atomic E-state index is 0.193. The molecule has 3 heterocycles. The maximum Gasteiger partial charge on any atom is 0.225 e. The number of hydrogen-bond acceptors (Lipinski definition) is 4. The van der Waals surface area contributed by atoms with Gasteiger partial charge in [0.1, 0.15) is 5.69 Å². The van der Waals surface area contributed by atoms with E-state index in [1.807, 2.05) is 30.3 Å². The predicted octanol–water partition coefficient (Wildman–Crippen LogP) is 4.22. The number of likely N-dealkylation sites (tertiary alicyclic amines) is 2. The number of hydrogen-bond donors (Lipinski definition) is 0. The molecule has 2 fully saturated rings. The number of carbonyl (C=O) groups excluding carboxylic acids is 1. The first kappa shape index (κ1) is 18.5. The summed E-state index contributed by atoms with van der Waals surface area (Å²) in [5.41, 5.74) is 1.83. The first-order chi connectivity index (χ1) is 13.2. The van der Waals surface area contributed by atoms with E-state index < -0.39 is 0 Å². The summed E-state index contributed by atoms with van der Waals surface area (Å²) in [6.45, 7) is 4.50. The van der Waals surface area contributed by atoms with Gasteiger partial charge in [-0.15, -0.1) is 0 Å². The van der Waals surface area contributed by atoms with Gasteiger partial charge >= 0.3 is 0 Å². The third kappa shape index (κ3) is 4.53. The Kier molecular flexibility index (Phi) is 5.79. The number of nitrogens with zero attached hydrogens (tertiary/aromatic N) is 3. The molecule has 5 nitrogen and oxygen atoms in total. The second-order valence-corrected chi connectivity index (χ2v) is 8.06. The van der Waals surface area contributed by atoms with Gasteiger partial charge in [-0.3, -0.25) is 9.69 Å². The maximum atomic E-state index is 12.7. The Labute approximate surface area is 165 Å². The zero-order valence-corrected chi connectivity index (χ0v) is 16.3. The van der Waals surface area contributed by atoms with Crippen LogP contribution in [0.1, 0.15) is 37.9 Å². The van der Waals surface area contributed by atoms with E-state index in [-0.39, 0.29) is 5.92 Å². The molecule has 0 atom stereocenters. The van der Waals surface area contributed by atoms with E-state index in [1.165, 1.54) is 6.42 Å². The van der Waals surface area contributed by atoms with Crippen LogP contribution in [-0.4, -0.2) is 47.0 Å². The molecule has 2 aliphatic rings. The fourth-order valence-corrected chi connectivity index (χ4v) is 4.20. The SMILES string of the molecule is O=C(C1CCN(Cc2cc(-c3ccc(Cl)cc3)no2)CC1)N1CCCCC1. The Morgan fingerprint density at radius 1 is 1.07 bits per heavy atom. The van der Waals surface area contributed by atoms with Gasteiger partial charge in [0.25, 0.3) is 0 Å². The van der Waals surface area contributed by atoms with E-state index in [9.17, 15) is 4.79 Å². The van der Waals surface area contributed by atoms with Crippen molar-refractivity contribution in [2.75, 3.05) is 26.2 Å². The predicted molar refractivity (Wildman–Crippen MR) is 105 cm³/mol. The molecular formula is C21H26ClN3O2. The van der Waals surface area contributed by atoms with Crippen LogP contribution in [0.25, 0.3) is 11.3 Å². The van der Waals surface area contributed by atoms with Crippen LogP contribution in [0.2, 0.25) is 5.02 Å². The van der Waals surface area contributed by atoms with E-state index >= 15 is 0 Å². The van der Waals surface area contributed by atoms with Crippen molar-refractivity contribution in [2.45, 2.75) is 38.6 Å². The number of halogens is 1. The van der Waals surface area contributed by atoms with Crippen molar-refractivity contribution in [3.63, 3.8) is 0 Å². The van der Waals surface area contributed by atoms with Crippen molar-refractivity contribution >= 4 is 17.5 Å². The van der Waals surface area contributed by atoms with Crippen molar-refractivity contribution < 1.29 is 9.32 Å². The van der Waals surface area contributed by atoms with Gasteiger partial charge in [0.05, 0.1) is 6.54 Å².